The molecule has 1 aliphatic heterocycles. The Kier molecular flexibility index (Phi) is 3.25. The van der Waals surface area contributed by atoms with Gasteiger partial charge < -0.3 is 5.73 Å². The lowest BCUT2D eigenvalue weighted by Gasteiger charge is -2.20. The van der Waals surface area contributed by atoms with E-state index in [1.165, 1.54) is 22.8 Å². The molecule has 19 heavy (non-hydrogen) atoms. The van der Waals surface area contributed by atoms with Gasteiger partial charge >= 0.3 is 0 Å². The van der Waals surface area contributed by atoms with Crippen LogP contribution in [0.3, 0.4) is 0 Å². The Labute approximate surface area is 114 Å². The van der Waals surface area contributed by atoms with Crippen molar-refractivity contribution in [2.75, 3.05) is 20.1 Å². The SMILES string of the molecule is Cc1nccc2cc(C3CC(CN)CN3C)ccc12. The normalized spacial score (nSPS) is 24.2. The van der Waals surface area contributed by atoms with E-state index in [4.69, 9.17) is 5.73 Å². The van der Waals surface area contributed by atoms with Crippen LogP contribution in [0.1, 0.15) is 23.7 Å². The zero-order valence-corrected chi connectivity index (χ0v) is 11.6. The molecule has 1 aliphatic rings. The number of aryl methyl sites for hydroxylation is 1. The van der Waals surface area contributed by atoms with Crippen LogP contribution in [0, 0.1) is 12.8 Å². The van der Waals surface area contributed by atoms with Crippen LogP contribution in [0.2, 0.25) is 0 Å². The smallest absolute Gasteiger partial charge is 0.0450 e. The summed E-state index contributed by atoms with van der Waals surface area (Å²) < 4.78 is 0. The van der Waals surface area contributed by atoms with E-state index in [-0.39, 0.29) is 0 Å². The first-order valence-corrected chi connectivity index (χ1v) is 6.94. The van der Waals surface area contributed by atoms with Gasteiger partial charge in [-0.25, -0.2) is 0 Å². The van der Waals surface area contributed by atoms with Crippen molar-refractivity contribution in [3.63, 3.8) is 0 Å². The van der Waals surface area contributed by atoms with Crippen LogP contribution in [-0.4, -0.2) is 30.0 Å². The third-order valence-corrected chi connectivity index (χ3v) is 4.34. The van der Waals surface area contributed by atoms with Gasteiger partial charge in [0.1, 0.15) is 0 Å². The van der Waals surface area contributed by atoms with Gasteiger partial charge in [0.2, 0.25) is 0 Å². The summed E-state index contributed by atoms with van der Waals surface area (Å²) in [5.74, 6) is 0.630. The first kappa shape index (κ1) is 12.6. The minimum atomic E-state index is 0.506. The van der Waals surface area contributed by atoms with Crippen LogP contribution in [0.25, 0.3) is 10.8 Å². The summed E-state index contributed by atoms with van der Waals surface area (Å²) in [7, 11) is 2.20. The molecule has 1 saturated heterocycles. The van der Waals surface area contributed by atoms with Gasteiger partial charge in [-0.3, -0.25) is 9.88 Å². The summed E-state index contributed by atoms with van der Waals surface area (Å²) in [5, 5.41) is 2.54. The number of aromatic nitrogens is 1. The van der Waals surface area contributed by atoms with Crippen molar-refractivity contribution in [1.82, 2.24) is 9.88 Å². The van der Waals surface area contributed by atoms with Gasteiger partial charge in [0, 0.05) is 29.9 Å². The quantitative estimate of drug-likeness (QED) is 0.896. The van der Waals surface area contributed by atoms with Gasteiger partial charge in [0.05, 0.1) is 0 Å². The molecule has 2 N–H and O–H groups in total. The number of nitrogens with zero attached hydrogens (tertiary/aromatic N) is 2. The number of benzene rings is 1. The number of rotatable bonds is 2. The zero-order valence-electron chi connectivity index (χ0n) is 11.6. The summed E-state index contributed by atoms with van der Waals surface area (Å²) >= 11 is 0. The van der Waals surface area contributed by atoms with Crippen molar-refractivity contribution in [3.05, 3.63) is 41.7 Å². The van der Waals surface area contributed by atoms with E-state index in [9.17, 15) is 0 Å². The highest BCUT2D eigenvalue weighted by Gasteiger charge is 2.29. The van der Waals surface area contributed by atoms with Gasteiger partial charge in [-0.15, -0.1) is 0 Å². The molecule has 1 aromatic heterocycles. The van der Waals surface area contributed by atoms with Crippen molar-refractivity contribution in [2.24, 2.45) is 11.7 Å². The highest BCUT2D eigenvalue weighted by Crippen LogP contribution is 2.35. The summed E-state index contributed by atoms with van der Waals surface area (Å²) in [6.07, 6.45) is 3.06. The number of hydrogen-bond donors (Lipinski definition) is 1. The van der Waals surface area contributed by atoms with Crippen LogP contribution < -0.4 is 5.73 Å². The van der Waals surface area contributed by atoms with E-state index in [2.05, 4.69) is 48.1 Å². The first-order chi connectivity index (χ1) is 9.19. The second-order valence-corrected chi connectivity index (χ2v) is 5.67. The topological polar surface area (TPSA) is 42.1 Å². The lowest BCUT2D eigenvalue weighted by atomic mass is 9.97. The molecule has 0 aliphatic carbocycles. The third kappa shape index (κ3) is 2.24. The maximum atomic E-state index is 5.81. The van der Waals surface area contributed by atoms with Crippen molar-refractivity contribution in [1.29, 1.82) is 0 Å². The lowest BCUT2D eigenvalue weighted by molar-refractivity contribution is 0.314. The Bertz CT molecular complexity index is 594. The molecule has 2 heterocycles. The number of hydrogen-bond acceptors (Lipinski definition) is 3. The molecule has 0 spiro atoms. The van der Waals surface area contributed by atoms with Gasteiger partial charge in [-0.1, -0.05) is 12.1 Å². The zero-order chi connectivity index (χ0) is 13.4. The molecule has 1 fully saturated rings. The minimum Gasteiger partial charge on any atom is -0.330 e. The van der Waals surface area contributed by atoms with Crippen molar-refractivity contribution < 1.29 is 0 Å². The summed E-state index contributed by atoms with van der Waals surface area (Å²) in [6.45, 7) is 3.96. The standard InChI is InChI=1S/C16H21N3/c1-11-15-4-3-14(8-13(15)5-6-18-11)16-7-12(9-17)10-19(16)2/h3-6,8,12,16H,7,9-10,17H2,1-2H3. The van der Waals surface area contributed by atoms with Crippen LogP contribution >= 0.6 is 0 Å². The predicted molar refractivity (Wildman–Crippen MR) is 79.0 cm³/mol. The van der Waals surface area contributed by atoms with E-state index in [1.54, 1.807) is 0 Å². The average Bonchev–Trinajstić information content (AvgIpc) is 2.80. The number of fused-ring (bicyclic) bond motifs is 1. The molecule has 3 heteroatoms. The molecule has 3 nitrogen and oxygen atoms in total. The van der Waals surface area contributed by atoms with Crippen LogP contribution in [0.15, 0.2) is 30.5 Å². The Morgan fingerprint density at radius 1 is 1.37 bits per heavy atom. The fourth-order valence-electron chi connectivity index (χ4n) is 3.22. The molecule has 1 aromatic carbocycles. The molecule has 0 saturated carbocycles. The second-order valence-electron chi connectivity index (χ2n) is 5.67. The highest BCUT2D eigenvalue weighted by atomic mass is 15.2. The fraction of sp³-hybridized carbons (Fsp3) is 0.438. The maximum absolute atomic E-state index is 5.81. The highest BCUT2D eigenvalue weighted by molar-refractivity contribution is 5.84. The molecular formula is C16H21N3. The number of likely N-dealkylation sites (tertiary alicyclic amines) is 1. The van der Waals surface area contributed by atoms with Gasteiger partial charge in [-0.05, 0) is 55.9 Å². The van der Waals surface area contributed by atoms with Crippen LogP contribution in [0.4, 0.5) is 0 Å². The summed E-state index contributed by atoms with van der Waals surface area (Å²) in [6, 6.07) is 9.37. The maximum Gasteiger partial charge on any atom is 0.0450 e. The van der Waals surface area contributed by atoms with Crippen molar-refractivity contribution in [2.45, 2.75) is 19.4 Å². The predicted octanol–water partition coefficient (Wildman–Crippen LogP) is 2.49. The summed E-state index contributed by atoms with van der Waals surface area (Å²) in [5.41, 5.74) is 8.31. The molecule has 2 unspecified atom stereocenters. The Morgan fingerprint density at radius 3 is 2.95 bits per heavy atom. The lowest BCUT2D eigenvalue weighted by Crippen LogP contribution is -2.20. The van der Waals surface area contributed by atoms with E-state index in [1.807, 2.05) is 6.20 Å². The number of pyridine rings is 1. The van der Waals surface area contributed by atoms with Gasteiger partial charge in [0.25, 0.3) is 0 Å². The minimum absolute atomic E-state index is 0.506. The van der Waals surface area contributed by atoms with Crippen LogP contribution in [-0.2, 0) is 0 Å². The van der Waals surface area contributed by atoms with Crippen molar-refractivity contribution in [3.8, 4) is 0 Å². The molecule has 0 bridgehead atoms. The molecule has 2 aromatic rings. The molecule has 0 amide bonds. The van der Waals surface area contributed by atoms with Crippen LogP contribution in [0.5, 0.6) is 0 Å². The van der Waals surface area contributed by atoms with Gasteiger partial charge in [0.15, 0.2) is 0 Å². The first-order valence-electron chi connectivity index (χ1n) is 6.94. The van der Waals surface area contributed by atoms with Crippen molar-refractivity contribution >= 4 is 10.8 Å². The monoisotopic (exact) mass is 255 g/mol. The Morgan fingerprint density at radius 2 is 2.21 bits per heavy atom. The summed E-state index contributed by atoms with van der Waals surface area (Å²) in [4.78, 5) is 6.77. The van der Waals surface area contributed by atoms with E-state index in [0.717, 1.165) is 18.8 Å². The third-order valence-electron chi connectivity index (χ3n) is 4.34. The van der Waals surface area contributed by atoms with E-state index in [0.29, 0.717) is 12.0 Å². The fourth-order valence-corrected chi connectivity index (χ4v) is 3.22. The Balaban J connectivity index is 1.98. The number of nitrogens with two attached hydrogens (primary N) is 1. The van der Waals surface area contributed by atoms with E-state index < -0.39 is 0 Å². The molecular weight excluding hydrogens is 234 g/mol. The molecule has 100 valence electrons. The average molecular weight is 255 g/mol. The Hall–Kier alpha value is -1.45. The largest absolute Gasteiger partial charge is 0.330 e. The second kappa shape index (κ2) is 4.91. The van der Waals surface area contributed by atoms with Gasteiger partial charge in [-0.2, -0.15) is 0 Å². The van der Waals surface area contributed by atoms with E-state index >= 15 is 0 Å². The molecule has 3 rings (SSSR count). The molecule has 2 atom stereocenters. The molecule has 0 radical (unpaired) electrons.